The maximum absolute atomic E-state index is 12.2. The minimum Gasteiger partial charge on any atom is -0.423 e. The van der Waals surface area contributed by atoms with Crippen LogP contribution >= 0.6 is 15.9 Å². The maximum atomic E-state index is 12.2. The summed E-state index contributed by atoms with van der Waals surface area (Å²) in [6.45, 7) is 4.38. The molecule has 7 heteroatoms. The number of halogens is 1. The van der Waals surface area contributed by atoms with E-state index in [2.05, 4.69) is 21.2 Å². The first kappa shape index (κ1) is 19.8. The molecule has 1 aromatic heterocycles. The third-order valence-electron chi connectivity index (χ3n) is 3.91. The van der Waals surface area contributed by atoms with E-state index >= 15 is 0 Å². The SMILES string of the molecule is CC(C)CNC(=O)c1cc2ccc(OC(=O)c3ccc(Br)cc3)cc2oc1=O. The molecule has 0 fully saturated rings. The largest absolute Gasteiger partial charge is 0.423 e. The number of nitrogens with one attached hydrogen (secondary N) is 1. The molecule has 0 radical (unpaired) electrons. The fourth-order valence-corrected chi connectivity index (χ4v) is 2.72. The van der Waals surface area contributed by atoms with E-state index in [9.17, 15) is 14.4 Å². The van der Waals surface area contributed by atoms with Crippen LogP contribution in [0.15, 0.2) is 62.2 Å². The summed E-state index contributed by atoms with van der Waals surface area (Å²) in [7, 11) is 0. The van der Waals surface area contributed by atoms with Gasteiger partial charge in [0.05, 0.1) is 5.56 Å². The molecule has 1 N–H and O–H groups in total. The number of hydrogen-bond donors (Lipinski definition) is 1. The lowest BCUT2D eigenvalue weighted by Crippen LogP contribution is -2.31. The van der Waals surface area contributed by atoms with E-state index in [0.29, 0.717) is 17.5 Å². The van der Waals surface area contributed by atoms with E-state index in [-0.39, 0.29) is 22.8 Å². The van der Waals surface area contributed by atoms with Crippen molar-refractivity contribution >= 4 is 38.8 Å². The third kappa shape index (κ3) is 4.67. The Morgan fingerprint density at radius 1 is 1.11 bits per heavy atom. The number of amides is 1. The summed E-state index contributed by atoms with van der Waals surface area (Å²) in [4.78, 5) is 36.5. The van der Waals surface area contributed by atoms with Crippen molar-refractivity contribution in [3.63, 3.8) is 0 Å². The first-order chi connectivity index (χ1) is 13.3. The van der Waals surface area contributed by atoms with Crippen molar-refractivity contribution in [3.8, 4) is 5.75 Å². The molecule has 0 atom stereocenters. The summed E-state index contributed by atoms with van der Waals surface area (Å²) in [6.07, 6.45) is 0. The van der Waals surface area contributed by atoms with Crippen molar-refractivity contribution in [1.82, 2.24) is 5.32 Å². The topological polar surface area (TPSA) is 85.6 Å². The van der Waals surface area contributed by atoms with Gasteiger partial charge in [-0.15, -0.1) is 0 Å². The molecule has 144 valence electrons. The molecule has 0 aliphatic heterocycles. The average molecular weight is 444 g/mol. The summed E-state index contributed by atoms with van der Waals surface area (Å²) < 4.78 is 11.4. The molecule has 1 heterocycles. The van der Waals surface area contributed by atoms with E-state index in [4.69, 9.17) is 9.15 Å². The zero-order chi connectivity index (χ0) is 20.3. The normalized spacial score (nSPS) is 10.9. The van der Waals surface area contributed by atoms with Crippen LogP contribution < -0.4 is 15.7 Å². The highest BCUT2D eigenvalue weighted by atomic mass is 79.9. The Bertz CT molecular complexity index is 1090. The predicted octanol–water partition coefficient (Wildman–Crippen LogP) is 4.16. The van der Waals surface area contributed by atoms with Crippen LogP contribution in [-0.2, 0) is 0 Å². The van der Waals surface area contributed by atoms with Gasteiger partial charge in [0, 0.05) is 22.5 Å². The second-order valence-electron chi connectivity index (χ2n) is 6.65. The Morgan fingerprint density at radius 3 is 2.50 bits per heavy atom. The molecule has 3 rings (SSSR count). The fourth-order valence-electron chi connectivity index (χ4n) is 2.46. The number of benzene rings is 2. The van der Waals surface area contributed by atoms with Gasteiger partial charge in [0.1, 0.15) is 16.9 Å². The molecule has 0 aliphatic carbocycles. The van der Waals surface area contributed by atoms with E-state index in [1.807, 2.05) is 13.8 Å². The number of esters is 1. The molecule has 6 nitrogen and oxygen atoms in total. The lowest BCUT2D eigenvalue weighted by molar-refractivity contribution is 0.0734. The zero-order valence-corrected chi connectivity index (χ0v) is 16.9. The van der Waals surface area contributed by atoms with Gasteiger partial charge in [0.15, 0.2) is 0 Å². The lowest BCUT2D eigenvalue weighted by atomic mass is 10.1. The monoisotopic (exact) mass is 443 g/mol. The average Bonchev–Trinajstić information content (AvgIpc) is 2.66. The van der Waals surface area contributed by atoms with Crippen molar-refractivity contribution in [2.75, 3.05) is 6.54 Å². The fraction of sp³-hybridized carbons (Fsp3) is 0.190. The van der Waals surface area contributed by atoms with Gasteiger partial charge in [-0.1, -0.05) is 29.8 Å². The second-order valence-corrected chi connectivity index (χ2v) is 7.56. The summed E-state index contributed by atoms with van der Waals surface area (Å²) in [5, 5.41) is 3.25. The lowest BCUT2D eigenvalue weighted by Gasteiger charge is -2.08. The number of fused-ring (bicyclic) bond motifs is 1. The molecule has 28 heavy (non-hydrogen) atoms. The Hall–Kier alpha value is -2.93. The van der Waals surface area contributed by atoms with Gasteiger partial charge in [0.25, 0.3) is 5.91 Å². The molecular formula is C21H18BrNO5. The minimum absolute atomic E-state index is 0.0623. The van der Waals surface area contributed by atoms with Crippen LogP contribution in [0, 0.1) is 5.92 Å². The van der Waals surface area contributed by atoms with Gasteiger partial charge in [0.2, 0.25) is 0 Å². The number of ether oxygens (including phenoxy) is 1. The molecule has 1 amide bonds. The van der Waals surface area contributed by atoms with E-state index in [1.54, 1.807) is 36.4 Å². The number of hydrogen-bond acceptors (Lipinski definition) is 5. The summed E-state index contributed by atoms with van der Waals surface area (Å²) in [6, 6.07) is 12.9. The summed E-state index contributed by atoms with van der Waals surface area (Å²) in [5.74, 6) is -0.506. The third-order valence-corrected chi connectivity index (χ3v) is 4.44. The van der Waals surface area contributed by atoms with Gasteiger partial charge in [-0.05, 0) is 48.4 Å². The van der Waals surface area contributed by atoms with E-state index < -0.39 is 17.5 Å². The molecule has 0 bridgehead atoms. The van der Waals surface area contributed by atoms with Crippen molar-refractivity contribution < 1.29 is 18.7 Å². The van der Waals surface area contributed by atoms with Crippen LogP contribution in [0.4, 0.5) is 0 Å². The Morgan fingerprint density at radius 2 is 1.82 bits per heavy atom. The number of rotatable bonds is 5. The van der Waals surface area contributed by atoms with E-state index in [1.165, 1.54) is 12.1 Å². The van der Waals surface area contributed by atoms with E-state index in [0.717, 1.165) is 4.47 Å². The van der Waals surface area contributed by atoms with Crippen molar-refractivity contribution in [2.24, 2.45) is 5.92 Å². The van der Waals surface area contributed by atoms with Crippen LogP contribution in [0.5, 0.6) is 5.75 Å². The van der Waals surface area contributed by atoms with Gasteiger partial charge in [-0.25, -0.2) is 9.59 Å². The van der Waals surface area contributed by atoms with Gasteiger partial charge >= 0.3 is 11.6 Å². The van der Waals surface area contributed by atoms with Gasteiger partial charge < -0.3 is 14.5 Å². The van der Waals surface area contributed by atoms with Crippen LogP contribution in [-0.4, -0.2) is 18.4 Å². The predicted molar refractivity (Wildman–Crippen MR) is 109 cm³/mol. The first-order valence-electron chi connectivity index (χ1n) is 8.67. The highest BCUT2D eigenvalue weighted by Crippen LogP contribution is 2.22. The Labute approximate surface area is 169 Å². The highest BCUT2D eigenvalue weighted by Gasteiger charge is 2.15. The maximum Gasteiger partial charge on any atom is 0.349 e. The first-order valence-corrected chi connectivity index (χ1v) is 9.46. The number of carbonyl (C=O) groups excluding carboxylic acids is 2. The molecule has 2 aromatic carbocycles. The molecule has 0 saturated carbocycles. The van der Waals surface area contributed by atoms with Gasteiger partial charge in [-0.3, -0.25) is 4.79 Å². The summed E-state index contributed by atoms with van der Waals surface area (Å²) in [5.41, 5.74) is -0.189. The van der Waals surface area contributed by atoms with Gasteiger partial charge in [-0.2, -0.15) is 0 Å². The molecule has 0 saturated heterocycles. The molecular weight excluding hydrogens is 426 g/mol. The molecule has 0 unspecified atom stereocenters. The standard InChI is InChI=1S/C21H18BrNO5/c1-12(2)11-23-19(24)17-9-14-5-8-16(10-18(14)28-21(17)26)27-20(25)13-3-6-15(22)7-4-13/h3-10,12H,11H2,1-2H3,(H,23,24). The smallest absolute Gasteiger partial charge is 0.349 e. The minimum atomic E-state index is -0.745. The molecule has 0 spiro atoms. The van der Waals surface area contributed by atoms with Crippen molar-refractivity contribution in [2.45, 2.75) is 13.8 Å². The van der Waals surface area contributed by atoms with Crippen LogP contribution in [0.25, 0.3) is 11.0 Å². The molecule has 0 aliphatic rings. The summed E-state index contributed by atoms with van der Waals surface area (Å²) >= 11 is 3.31. The zero-order valence-electron chi connectivity index (χ0n) is 15.3. The van der Waals surface area contributed by atoms with Crippen molar-refractivity contribution in [3.05, 3.63) is 74.6 Å². The van der Waals surface area contributed by atoms with Crippen LogP contribution in [0.3, 0.4) is 0 Å². The van der Waals surface area contributed by atoms with Crippen LogP contribution in [0.2, 0.25) is 0 Å². The highest BCUT2D eigenvalue weighted by molar-refractivity contribution is 9.10. The Kier molecular flexibility index (Phi) is 5.94. The van der Waals surface area contributed by atoms with Crippen LogP contribution in [0.1, 0.15) is 34.6 Å². The second kappa shape index (κ2) is 8.39. The van der Waals surface area contributed by atoms with Crippen molar-refractivity contribution in [1.29, 1.82) is 0 Å². The quantitative estimate of drug-likeness (QED) is 0.363. The Balaban J connectivity index is 1.83. The number of carbonyl (C=O) groups is 2. The molecule has 3 aromatic rings.